The van der Waals surface area contributed by atoms with Gasteiger partial charge in [0.15, 0.2) is 10.8 Å². The number of carboxylic acids is 1. The van der Waals surface area contributed by atoms with Gasteiger partial charge in [-0.15, -0.1) is 23.1 Å². The van der Waals surface area contributed by atoms with E-state index in [1.54, 1.807) is 12.1 Å². The van der Waals surface area contributed by atoms with E-state index >= 15 is 0 Å². The van der Waals surface area contributed by atoms with Crippen LogP contribution in [0.2, 0.25) is 0 Å². The molecular formula is C22H24N6O8S3. The van der Waals surface area contributed by atoms with E-state index in [0.717, 1.165) is 22.5 Å². The molecule has 4 rings (SSSR count). The van der Waals surface area contributed by atoms with Gasteiger partial charge >= 0.3 is 5.97 Å². The van der Waals surface area contributed by atoms with Crippen molar-refractivity contribution in [3.8, 4) is 5.75 Å². The van der Waals surface area contributed by atoms with Crippen LogP contribution in [-0.2, 0) is 35.7 Å². The van der Waals surface area contributed by atoms with Gasteiger partial charge in [-0.3, -0.25) is 19.2 Å². The summed E-state index contributed by atoms with van der Waals surface area (Å²) in [6, 6.07) is 3.71. The van der Waals surface area contributed by atoms with Gasteiger partial charge in [-0.2, -0.15) is 0 Å². The highest BCUT2D eigenvalue weighted by Gasteiger charge is 2.54. The van der Waals surface area contributed by atoms with Crippen molar-refractivity contribution in [2.24, 2.45) is 5.16 Å². The maximum Gasteiger partial charge on any atom is 0.352 e. The van der Waals surface area contributed by atoms with Gasteiger partial charge in [0, 0.05) is 17.2 Å². The molecule has 0 aliphatic carbocycles. The van der Waals surface area contributed by atoms with Crippen LogP contribution in [0.4, 0.5) is 10.8 Å². The van der Waals surface area contributed by atoms with Crippen LogP contribution in [0.15, 0.2) is 40.0 Å². The molecule has 14 nitrogen and oxygen atoms in total. The van der Waals surface area contributed by atoms with E-state index < -0.39 is 39.2 Å². The predicted octanol–water partition coefficient (Wildman–Crippen LogP) is 0.437. The standard InChI is InChI=1S/C22H24N6O8S3/c1-35-13-6-10(5-12(7-13)27-39(3,33)34)4-11-8-37-20-16(19(30)28(20)17(11)21(31)32)25-18(29)15(26-36-2)14-9-38-22(23)24-14/h5-7,9,16,20,27H,4,8H2,1-3H3,(H2,23,24)(H,25,29)(H,31,32)/b26-15+/t16-,20-/m1/s1. The third-order valence-corrected chi connectivity index (χ3v) is 8.24. The molecule has 0 radical (unpaired) electrons. The summed E-state index contributed by atoms with van der Waals surface area (Å²) in [7, 11) is -0.886. The van der Waals surface area contributed by atoms with Gasteiger partial charge in [0.1, 0.15) is 35.7 Å². The van der Waals surface area contributed by atoms with E-state index in [4.69, 9.17) is 15.3 Å². The zero-order valence-corrected chi connectivity index (χ0v) is 23.3. The number of carboxylic acid groups (broad SMARTS) is 1. The lowest BCUT2D eigenvalue weighted by molar-refractivity contribution is -0.150. The van der Waals surface area contributed by atoms with E-state index in [0.29, 0.717) is 16.9 Å². The van der Waals surface area contributed by atoms with Crippen molar-refractivity contribution in [3.63, 3.8) is 0 Å². The molecule has 2 aromatic rings. The fourth-order valence-corrected chi connectivity index (χ4v) is 6.56. The number of fused-ring (bicyclic) bond motifs is 1. The quantitative estimate of drug-likeness (QED) is 0.168. The smallest absolute Gasteiger partial charge is 0.352 e. The van der Waals surface area contributed by atoms with Crippen molar-refractivity contribution in [2.75, 3.05) is 36.7 Å². The number of aromatic nitrogens is 1. The van der Waals surface area contributed by atoms with Gasteiger partial charge in [0.25, 0.3) is 11.8 Å². The van der Waals surface area contributed by atoms with Crippen LogP contribution >= 0.6 is 23.1 Å². The first-order valence-electron chi connectivity index (χ1n) is 11.1. The van der Waals surface area contributed by atoms with Crippen molar-refractivity contribution in [1.82, 2.24) is 15.2 Å². The number of rotatable bonds is 10. The number of carbonyl (C=O) groups is 3. The first-order valence-corrected chi connectivity index (χ1v) is 14.9. The van der Waals surface area contributed by atoms with Crippen LogP contribution in [0.5, 0.6) is 5.75 Å². The highest BCUT2D eigenvalue weighted by atomic mass is 32.2. The van der Waals surface area contributed by atoms with E-state index in [2.05, 4.69) is 20.2 Å². The Bertz CT molecular complexity index is 1500. The van der Waals surface area contributed by atoms with E-state index in [1.807, 2.05) is 0 Å². The normalized spacial score (nSPS) is 19.2. The Hall–Kier alpha value is -3.83. The molecule has 2 aliphatic heterocycles. The number of nitrogen functional groups attached to an aromatic ring is 1. The number of sulfonamides is 1. The zero-order chi connectivity index (χ0) is 28.5. The molecule has 39 heavy (non-hydrogen) atoms. The summed E-state index contributed by atoms with van der Waals surface area (Å²) in [5.74, 6) is -2.01. The van der Waals surface area contributed by atoms with E-state index in [-0.39, 0.29) is 40.1 Å². The molecule has 3 heterocycles. The number of hydrogen-bond acceptors (Lipinski definition) is 12. The summed E-state index contributed by atoms with van der Waals surface area (Å²) in [5.41, 5.74) is 6.73. The summed E-state index contributed by atoms with van der Waals surface area (Å²) in [6.45, 7) is 0. The number of ether oxygens (including phenoxy) is 1. The highest BCUT2D eigenvalue weighted by Crippen LogP contribution is 2.41. The number of hydrogen-bond donors (Lipinski definition) is 4. The first-order chi connectivity index (χ1) is 18.4. The maximum absolute atomic E-state index is 13.1. The molecule has 2 aliphatic rings. The van der Waals surface area contributed by atoms with Gasteiger partial charge in [-0.25, -0.2) is 18.2 Å². The summed E-state index contributed by atoms with van der Waals surface area (Å²) in [4.78, 5) is 48.1. The molecule has 5 N–H and O–H groups in total. The van der Waals surface area contributed by atoms with Gasteiger partial charge in [-0.05, 0) is 29.7 Å². The van der Waals surface area contributed by atoms with Gasteiger partial charge in [0.2, 0.25) is 10.0 Å². The van der Waals surface area contributed by atoms with E-state index in [1.165, 1.54) is 37.4 Å². The van der Waals surface area contributed by atoms with Crippen LogP contribution in [0.3, 0.4) is 0 Å². The Morgan fingerprint density at radius 2 is 2.05 bits per heavy atom. The molecule has 1 aromatic heterocycles. The number of oxime groups is 1. The Balaban J connectivity index is 1.56. The number of β-lactam (4-membered cyclic amide) rings is 1. The van der Waals surface area contributed by atoms with Gasteiger partial charge in [-0.1, -0.05) is 5.16 Å². The van der Waals surface area contributed by atoms with Crippen molar-refractivity contribution in [1.29, 1.82) is 0 Å². The second kappa shape index (κ2) is 11.1. The number of anilines is 2. The monoisotopic (exact) mass is 596 g/mol. The number of methoxy groups -OCH3 is 1. The minimum Gasteiger partial charge on any atom is -0.497 e. The number of carbonyl (C=O) groups excluding carboxylic acids is 2. The van der Waals surface area contributed by atoms with Crippen molar-refractivity contribution in [2.45, 2.75) is 17.8 Å². The summed E-state index contributed by atoms with van der Waals surface area (Å²) in [5, 5.41) is 17.4. The fraction of sp³-hybridized carbons (Fsp3) is 0.318. The van der Waals surface area contributed by atoms with Crippen LogP contribution < -0.4 is 20.5 Å². The first kappa shape index (κ1) is 28.2. The summed E-state index contributed by atoms with van der Waals surface area (Å²) < 4.78 is 31.0. The number of aliphatic carboxylic acids is 1. The molecule has 17 heteroatoms. The summed E-state index contributed by atoms with van der Waals surface area (Å²) in [6.07, 6.45) is 1.13. The number of thioether (sulfide) groups is 1. The Kier molecular flexibility index (Phi) is 8.03. The molecule has 0 spiro atoms. The maximum atomic E-state index is 13.1. The molecule has 2 amide bonds. The summed E-state index contributed by atoms with van der Waals surface area (Å²) >= 11 is 2.39. The van der Waals surface area contributed by atoms with Crippen LogP contribution in [0, 0.1) is 0 Å². The molecule has 0 saturated carbocycles. The lowest BCUT2D eigenvalue weighted by atomic mass is 9.98. The van der Waals surface area contributed by atoms with E-state index in [9.17, 15) is 27.9 Å². The number of benzene rings is 1. The zero-order valence-electron chi connectivity index (χ0n) is 20.8. The van der Waals surface area contributed by atoms with Crippen molar-refractivity contribution in [3.05, 3.63) is 46.1 Å². The molecule has 0 unspecified atom stereocenters. The molecule has 2 atom stereocenters. The minimum atomic E-state index is -3.56. The number of nitrogens with zero attached hydrogens (tertiary/aromatic N) is 3. The number of nitrogens with one attached hydrogen (secondary N) is 2. The Labute approximate surface area is 231 Å². The Morgan fingerprint density at radius 1 is 1.31 bits per heavy atom. The number of nitrogens with two attached hydrogens (primary N) is 1. The van der Waals surface area contributed by atoms with Gasteiger partial charge in [0.05, 0.1) is 19.1 Å². The third kappa shape index (κ3) is 6.10. The molecule has 1 saturated heterocycles. The Morgan fingerprint density at radius 3 is 2.64 bits per heavy atom. The average molecular weight is 597 g/mol. The van der Waals surface area contributed by atoms with Gasteiger partial charge < -0.3 is 25.7 Å². The van der Waals surface area contributed by atoms with Crippen molar-refractivity contribution >= 4 is 67.4 Å². The highest BCUT2D eigenvalue weighted by molar-refractivity contribution is 8.00. The minimum absolute atomic E-state index is 0.119. The molecule has 0 bridgehead atoms. The lowest BCUT2D eigenvalue weighted by Gasteiger charge is -2.49. The number of thiazole rings is 1. The topological polar surface area (TPSA) is 203 Å². The second-order valence-electron chi connectivity index (χ2n) is 8.43. The lowest BCUT2D eigenvalue weighted by Crippen LogP contribution is -2.71. The number of amides is 2. The van der Waals surface area contributed by atoms with Crippen molar-refractivity contribution < 1.29 is 37.5 Å². The third-order valence-electron chi connectivity index (χ3n) is 5.62. The fourth-order valence-electron chi connectivity index (χ4n) is 4.12. The average Bonchev–Trinajstić information content (AvgIpc) is 3.29. The second-order valence-corrected chi connectivity index (χ2v) is 12.2. The van der Waals surface area contributed by atoms with Crippen LogP contribution in [0.25, 0.3) is 0 Å². The van der Waals surface area contributed by atoms with Crippen LogP contribution in [-0.4, -0.2) is 84.5 Å². The predicted molar refractivity (Wildman–Crippen MR) is 145 cm³/mol. The molecule has 208 valence electrons. The SMILES string of the molecule is CO/N=C(/C(=O)N[C@@H]1C(=O)N2C(C(=O)O)=C(Cc3cc(NS(C)(=O)=O)cc(OC)c3)CS[C@H]12)c1csc(N)n1. The molecule has 1 fully saturated rings. The largest absolute Gasteiger partial charge is 0.497 e. The molecular weight excluding hydrogens is 572 g/mol. The van der Waals surface area contributed by atoms with Crippen LogP contribution in [0.1, 0.15) is 11.3 Å². The molecule has 1 aromatic carbocycles.